The zero-order chi connectivity index (χ0) is 25.3. The number of carbonyl (C=O) groups excluding carboxylic acids is 2. The van der Waals surface area contributed by atoms with Gasteiger partial charge in [0, 0.05) is 50.4 Å². The Kier molecular flexibility index (Phi) is 6.72. The first kappa shape index (κ1) is 24.2. The second-order valence-electron chi connectivity index (χ2n) is 8.77. The van der Waals surface area contributed by atoms with Crippen LogP contribution >= 0.6 is 0 Å². The largest absolute Gasteiger partial charge is 0.496 e. The van der Waals surface area contributed by atoms with Crippen molar-refractivity contribution in [1.82, 2.24) is 24.7 Å². The van der Waals surface area contributed by atoms with Crippen molar-refractivity contribution in [3.05, 3.63) is 74.0 Å². The molecule has 1 aromatic carbocycles. The summed E-state index contributed by atoms with van der Waals surface area (Å²) in [6.07, 6.45) is 0.336. The zero-order valence-electron chi connectivity index (χ0n) is 20.6. The van der Waals surface area contributed by atoms with E-state index in [1.165, 1.54) is 18.1 Å². The third-order valence-corrected chi connectivity index (χ3v) is 6.63. The average molecular weight is 480 g/mol. The molecule has 1 aliphatic rings. The lowest BCUT2D eigenvalue weighted by Gasteiger charge is -2.22. The summed E-state index contributed by atoms with van der Waals surface area (Å²) in [4.78, 5) is 43.0. The Labute approximate surface area is 203 Å². The van der Waals surface area contributed by atoms with Crippen molar-refractivity contribution in [2.45, 2.75) is 40.3 Å². The summed E-state index contributed by atoms with van der Waals surface area (Å²) >= 11 is 0. The minimum atomic E-state index is -0.317. The first-order chi connectivity index (χ1) is 16.7. The molecule has 0 fully saturated rings. The Balaban J connectivity index is 1.66. The maximum atomic E-state index is 13.5. The van der Waals surface area contributed by atoms with Crippen molar-refractivity contribution < 1.29 is 19.0 Å². The lowest BCUT2D eigenvalue weighted by molar-refractivity contribution is 0.0757. The van der Waals surface area contributed by atoms with Crippen LogP contribution in [0.4, 0.5) is 0 Å². The number of aryl methyl sites for hydroxylation is 2. The number of pyridine rings is 1. The maximum Gasteiger partial charge on any atom is 0.259 e. The summed E-state index contributed by atoms with van der Waals surface area (Å²) in [7, 11) is 3.08. The van der Waals surface area contributed by atoms with Crippen molar-refractivity contribution in [1.29, 1.82) is 0 Å². The van der Waals surface area contributed by atoms with Gasteiger partial charge in [-0.25, -0.2) is 4.63 Å². The molecule has 0 saturated heterocycles. The molecule has 0 N–H and O–H groups in total. The number of fused-ring (bicyclic) bond motifs is 1. The lowest BCUT2D eigenvalue weighted by atomic mass is 10.0. The van der Waals surface area contributed by atoms with E-state index in [9.17, 15) is 14.4 Å². The van der Waals surface area contributed by atoms with Crippen molar-refractivity contribution in [2.75, 3.05) is 27.2 Å². The van der Waals surface area contributed by atoms with Gasteiger partial charge in [-0.05, 0) is 38.0 Å². The number of amides is 2. The number of ether oxygens (including phenoxy) is 1. The number of rotatable bonds is 5. The normalized spacial score (nSPS) is 13.2. The highest BCUT2D eigenvalue weighted by Gasteiger charge is 2.29. The van der Waals surface area contributed by atoms with Gasteiger partial charge in [0.25, 0.3) is 17.4 Å². The molecule has 10 nitrogen and oxygen atoms in total. The van der Waals surface area contributed by atoms with Crippen LogP contribution in [-0.4, -0.2) is 63.7 Å². The van der Waals surface area contributed by atoms with Crippen molar-refractivity contribution in [3.63, 3.8) is 0 Å². The second-order valence-corrected chi connectivity index (χ2v) is 8.77. The fourth-order valence-electron chi connectivity index (χ4n) is 4.38. The Morgan fingerprint density at radius 2 is 1.91 bits per heavy atom. The molecular formula is C25H29N5O5. The van der Waals surface area contributed by atoms with Crippen molar-refractivity contribution in [3.8, 4) is 5.75 Å². The van der Waals surface area contributed by atoms with Gasteiger partial charge in [-0.1, -0.05) is 22.4 Å². The van der Waals surface area contributed by atoms with Gasteiger partial charge >= 0.3 is 0 Å². The van der Waals surface area contributed by atoms with Gasteiger partial charge in [-0.15, -0.1) is 0 Å². The summed E-state index contributed by atoms with van der Waals surface area (Å²) in [6, 6.07) is 7.00. The quantitative estimate of drug-likeness (QED) is 0.551. The van der Waals surface area contributed by atoms with E-state index in [1.807, 2.05) is 32.0 Å². The van der Waals surface area contributed by atoms with E-state index >= 15 is 0 Å². The number of carbonyl (C=O) groups is 2. The third-order valence-electron chi connectivity index (χ3n) is 6.63. The van der Waals surface area contributed by atoms with E-state index in [4.69, 9.17) is 9.37 Å². The third kappa shape index (κ3) is 4.55. The maximum absolute atomic E-state index is 13.5. The van der Waals surface area contributed by atoms with E-state index in [0.717, 1.165) is 11.1 Å². The molecule has 184 valence electrons. The van der Waals surface area contributed by atoms with Crippen LogP contribution < -0.4 is 10.3 Å². The molecule has 0 radical (unpaired) electrons. The van der Waals surface area contributed by atoms with Crippen LogP contribution in [0.25, 0.3) is 0 Å². The molecule has 0 spiro atoms. The van der Waals surface area contributed by atoms with Gasteiger partial charge in [0.2, 0.25) is 0 Å². The van der Waals surface area contributed by atoms with Crippen LogP contribution in [-0.2, 0) is 19.5 Å². The fourth-order valence-corrected chi connectivity index (χ4v) is 4.38. The number of aromatic nitrogens is 3. The highest BCUT2D eigenvalue weighted by atomic mass is 16.6. The molecule has 0 atom stereocenters. The van der Waals surface area contributed by atoms with E-state index < -0.39 is 0 Å². The smallest absolute Gasteiger partial charge is 0.259 e. The second kappa shape index (κ2) is 9.73. The van der Waals surface area contributed by atoms with Crippen molar-refractivity contribution >= 4 is 11.8 Å². The molecule has 3 aromatic rings. The van der Waals surface area contributed by atoms with Crippen LogP contribution in [0.3, 0.4) is 0 Å². The molecule has 2 amide bonds. The highest BCUT2D eigenvalue weighted by molar-refractivity contribution is 5.98. The van der Waals surface area contributed by atoms with Gasteiger partial charge in [-0.3, -0.25) is 14.4 Å². The molecule has 4 rings (SSSR count). The average Bonchev–Trinajstić information content (AvgIpc) is 3.11. The Bertz CT molecular complexity index is 1340. The molecule has 0 aliphatic carbocycles. The van der Waals surface area contributed by atoms with Gasteiger partial charge in [0.05, 0.1) is 13.7 Å². The molecule has 10 heteroatoms. The number of hydrogen-bond acceptors (Lipinski definition) is 7. The Morgan fingerprint density at radius 3 is 2.60 bits per heavy atom. The molecule has 35 heavy (non-hydrogen) atoms. The molecule has 0 saturated carbocycles. The number of hydrogen-bond donors (Lipinski definition) is 0. The van der Waals surface area contributed by atoms with Gasteiger partial charge in [0.15, 0.2) is 0 Å². The van der Waals surface area contributed by atoms with Gasteiger partial charge in [0.1, 0.15) is 22.7 Å². The number of nitrogens with zero attached hydrogens (tertiary/aromatic N) is 5. The summed E-state index contributed by atoms with van der Waals surface area (Å²) in [5.74, 6) is -0.192. The Morgan fingerprint density at radius 1 is 1.14 bits per heavy atom. The summed E-state index contributed by atoms with van der Waals surface area (Å²) in [6.45, 7) is 6.86. The molecule has 0 bridgehead atoms. The van der Waals surface area contributed by atoms with Gasteiger partial charge in [-0.2, -0.15) is 0 Å². The SMILES string of the molecule is COc1cc(=O)n2c(c1C(=O)N(C)Cc1nonc1C)CCN(C(=O)c1cccc(C)c1C)CC2. The minimum absolute atomic E-state index is 0.0852. The van der Waals surface area contributed by atoms with Crippen LogP contribution in [0.1, 0.15) is 48.9 Å². The number of benzene rings is 1. The van der Waals surface area contributed by atoms with E-state index in [-0.39, 0.29) is 36.2 Å². The predicted molar refractivity (Wildman–Crippen MR) is 128 cm³/mol. The predicted octanol–water partition coefficient (Wildman–Crippen LogP) is 2.14. The first-order valence-electron chi connectivity index (χ1n) is 11.4. The number of methoxy groups -OCH3 is 1. The molecular weight excluding hydrogens is 450 g/mol. The van der Waals surface area contributed by atoms with E-state index in [2.05, 4.69) is 10.3 Å². The lowest BCUT2D eigenvalue weighted by Crippen LogP contribution is -2.34. The monoisotopic (exact) mass is 479 g/mol. The molecule has 0 unspecified atom stereocenters. The van der Waals surface area contributed by atoms with E-state index in [0.29, 0.717) is 47.7 Å². The highest BCUT2D eigenvalue weighted by Crippen LogP contribution is 2.25. The zero-order valence-corrected chi connectivity index (χ0v) is 20.6. The molecule has 3 heterocycles. The summed E-state index contributed by atoms with van der Waals surface area (Å²) in [5.41, 5.74) is 4.37. The summed E-state index contributed by atoms with van der Waals surface area (Å²) in [5, 5.41) is 7.61. The van der Waals surface area contributed by atoms with Crippen LogP contribution in [0.5, 0.6) is 5.75 Å². The standard InChI is InChI=1S/C25H29N5O5/c1-15-7-6-8-18(16(15)2)24(32)29-10-9-20-23(21(34-5)13-22(31)30(20)12-11-29)25(33)28(4)14-19-17(3)26-35-27-19/h6-8,13H,9-12,14H2,1-5H3. The molecule has 2 aromatic heterocycles. The van der Waals surface area contributed by atoms with Crippen LogP contribution in [0.15, 0.2) is 33.7 Å². The van der Waals surface area contributed by atoms with Crippen LogP contribution in [0, 0.1) is 20.8 Å². The van der Waals surface area contributed by atoms with Crippen LogP contribution in [0.2, 0.25) is 0 Å². The fraction of sp³-hybridized carbons (Fsp3) is 0.400. The summed E-state index contributed by atoms with van der Waals surface area (Å²) < 4.78 is 11.8. The topological polar surface area (TPSA) is 111 Å². The van der Waals surface area contributed by atoms with Crippen molar-refractivity contribution in [2.24, 2.45) is 0 Å². The minimum Gasteiger partial charge on any atom is -0.496 e. The first-order valence-corrected chi connectivity index (χ1v) is 11.4. The Hall–Kier alpha value is -3.95. The molecule has 1 aliphatic heterocycles. The van der Waals surface area contributed by atoms with Gasteiger partial charge < -0.3 is 19.1 Å². The van der Waals surface area contributed by atoms with E-state index in [1.54, 1.807) is 23.4 Å².